The van der Waals surface area contributed by atoms with Gasteiger partial charge in [0.1, 0.15) is 23.2 Å². The van der Waals surface area contributed by atoms with Crippen LogP contribution in [-0.4, -0.2) is 24.1 Å². The second-order valence-electron chi connectivity index (χ2n) is 4.09. The summed E-state index contributed by atoms with van der Waals surface area (Å²) in [5.41, 5.74) is 1.29. The lowest BCUT2D eigenvalue weighted by molar-refractivity contribution is 0.416. The number of hydrogen-bond acceptors (Lipinski definition) is 6. The molecule has 2 N–H and O–H groups in total. The van der Waals surface area contributed by atoms with Crippen LogP contribution in [0.25, 0.3) is 0 Å². The minimum absolute atomic E-state index is 0.544. The fourth-order valence-electron chi connectivity index (χ4n) is 1.76. The van der Waals surface area contributed by atoms with Gasteiger partial charge in [-0.05, 0) is 19.1 Å². The molecule has 0 fully saturated rings. The minimum Gasteiger partial charge on any atom is -0.495 e. The molecule has 0 radical (unpaired) electrons. The maximum Gasteiger partial charge on any atom is 0.143 e. The van der Waals surface area contributed by atoms with Crippen molar-refractivity contribution in [2.75, 3.05) is 24.8 Å². The highest BCUT2D eigenvalue weighted by Crippen LogP contribution is 2.28. The van der Waals surface area contributed by atoms with Crippen molar-refractivity contribution in [3.8, 4) is 11.8 Å². The quantitative estimate of drug-likeness (QED) is 0.887. The van der Waals surface area contributed by atoms with Crippen LogP contribution in [0.1, 0.15) is 11.4 Å². The van der Waals surface area contributed by atoms with Gasteiger partial charge in [-0.3, -0.25) is 0 Å². The summed E-state index contributed by atoms with van der Waals surface area (Å²) >= 11 is 0. The minimum atomic E-state index is 0.544. The van der Waals surface area contributed by atoms with Crippen molar-refractivity contribution in [1.29, 1.82) is 5.26 Å². The number of nitrogens with zero attached hydrogens (tertiary/aromatic N) is 3. The molecule has 102 valence electrons. The molecule has 6 heteroatoms. The molecule has 2 aromatic rings. The summed E-state index contributed by atoms with van der Waals surface area (Å²) in [7, 11) is 3.36. The molecule has 2 rings (SSSR count). The van der Waals surface area contributed by atoms with Crippen LogP contribution in [0.3, 0.4) is 0 Å². The van der Waals surface area contributed by atoms with Gasteiger partial charge < -0.3 is 15.4 Å². The number of ether oxygens (including phenoxy) is 1. The topological polar surface area (TPSA) is 82.9 Å². The lowest BCUT2D eigenvalue weighted by Gasteiger charge is -2.12. The van der Waals surface area contributed by atoms with E-state index in [-0.39, 0.29) is 0 Å². The van der Waals surface area contributed by atoms with Gasteiger partial charge in [-0.2, -0.15) is 5.26 Å². The molecule has 0 atom stereocenters. The summed E-state index contributed by atoms with van der Waals surface area (Å²) in [5, 5.41) is 15.0. The first kappa shape index (κ1) is 13.6. The standard InChI is InChI=1S/C14H15N5O/c1-9-17-13(16-2)7-14(18-9)19-11-5-4-10(8-15)6-12(11)20-3/h4-7H,1-3H3,(H2,16,17,18,19). The Labute approximate surface area is 117 Å². The van der Waals surface area contributed by atoms with Gasteiger partial charge in [-0.15, -0.1) is 0 Å². The third kappa shape index (κ3) is 2.95. The van der Waals surface area contributed by atoms with E-state index in [2.05, 4.69) is 26.7 Å². The second kappa shape index (κ2) is 5.89. The van der Waals surface area contributed by atoms with Crippen molar-refractivity contribution >= 4 is 17.3 Å². The van der Waals surface area contributed by atoms with Crippen molar-refractivity contribution in [2.45, 2.75) is 6.92 Å². The van der Waals surface area contributed by atoms with Crippen LogP contribution in [0.15, 0.2) is 24.3 Å². The van der Waals surface area contributed by atoms with Crippen molar-refractivity contribution < 1.29 is 4.74 Å². The molecule has 0 amide bonds. The molecule has 20 heavy (non-hydrogen) atoms. The number of benzene rings is 1. The van der Waals surface area contributed by atoms with E-state index in [1.807, 2.05) is 6.92 Å². The second-order valence-corrected chi connectivity index (χ2v) is 4.09. The number of hydrogen-bond donors (Lipinski definition) is 2. The maximum atomic E-state index is 8.89. The first-order chi connectivity index (χ1) is 9.66. The number of aromatic nitrogens is 2. The Morgan fingerprint density at radius 3 is 2.60 bits per heavy atom. The molecule has 1 aromatic heterocycles. The molecule has 0 saturated carbocycles. The molecule has 1 aromatic carbocycles. The molecule has 0 saturated heterocycles. The lowest BCUT2D eigenvalue weighted by Crippen LogP contribution is -2.02. The average molecular weight is 269 g/mol. The summed E-state index contributed by atoms with van der Waals surface area (Å²) in [4.78, 5) is 8.54. The highest BCUT2D eigenvalue weighted by molar-refractivity contribution is 5.67. The average Bonchev–Trinajstić information content (AvgIpc) is 2.47. The Morgan fingerprint density at radius 2 is 1.95 bits per heavy atom. The highest BCUT2D eigenvalue weighted by Gasteiger charge is 2.07. The highest BCUT2D eigenvalue weighted by atomic mass is 16.5. The van der Waals surface area contributed by atoms with Gasteiger partial charge in [0.05, 0.1) is 24.4 Å². The van der Waals surface area contributed by atoms with E-state index in [0.29, 0.717) is 23.0 Å². The van der Waals surface area contributed by atoms with Crippen LogP contribution in [0.2, 0.25) is 0 Å². The Bertz CT molecular complexity index is 663. The van der Waals surface area contributed by atoms with E-state index in [4.69, 9.17) is 10.00 Å². The van der Waals surface area contributed by atoms with E-state index >= 15 is 0 Å². The third-order valence-electron chi connectivity index (χ3n) is 2.69. The van der Waals surface area contributed by atoms with Gasteiger partial charge in [0.25, 0.3) is 0 Å². The van der Waals surface area contributed by atoms with Gasteiger partial charge in [0.15, 0.2) is 0 Å². The van der Waals surface area contributed by atoms with Crippen LogP contribution >= 0.6 is 0 Å². The Kier molecular flexibility index (Phi) is 4.01. The predicted octanol–water partition coefficient (Wildman–Crippen LogP) is 2.45. The summed E-state index contributed by atoms with van der Waals surface area (Å²) < 4.78 is 5.27. The zero-order valence-corrected chi connectivity index (χ0v) is 11.6. The van der Waals surface area contributed by atoms with Gasteiger partial charge in [-0.1, -0.05) is 0 Å². The van der Waals surface area contributed by atoms with Crippen molar-refractivity contribution in [3.05, 3.63) is 35.7 Å². The monoisotopic (exact) mass is 269 g/mol. The summed E-state index contributed by atoms with van der Waals surface area (Å²) in [6, 6.07) is 9.05. The largest absolute Gasteiger partial charge is 0.495 e. The van der Waals surface area contributed by atoms with Gasteiger partial charge in [-0.25, -0.2) is 9.97 Å². The Morgan fingerprint density at radius 1 is 1.20 bits per heavy atom. The molecule has 0 aliphatic carbocycles. The van der Waals surface area contributed by atoms with Crippen LogP contribution in [0, 0.1) is 18.3 Å². The number of aryl methyl sites for hydroxylation is 1. The normalized spacial score (nSPS) is 9.70. The van der Waals surface area contributed by atoms with Gasteiger partial charge in [0, 0.05) is 19.2 Å². The van der Waals surface area contributed by atoms with E-state index in [0.717, 1.165) is 11.5 Å². The molecular weight excluding hydrogens is 254 g/mol. The number of methoxy groups -OCH3 is 1. The maximum absolute atomic E-state index is 8.89. The van der Waals surface area contributed by atoms with Crippen LogP contribution in [0.5, 0.6) is 5.75 Å². The van der Waals surface area contributed by atoms with E-state index in [1.54, 1.807) is 38.4 Å². The fraction of sp³-hybridized carbons (Fsp3) is 0.214. The smallest absolute Gasteiger partial charge is 0.143 e. The Hall–Kier alpha value is -2.81. The lowest BCUT2D eigenvalue weighted by atomic mass is 10.2. The van der Waals surface area contributed by atoms with Gasteiger partial charge >= 0.3 is 0 Å². The molecule has 0 spiro atoms. The third-order valence-corrected chi connectivity index (χ3v) is 2.69. The van der Waals surface area contributed by atoms with Crippen molar-refractivity contribution in [3.63, 3.8) is 0 Å². The number of nitrogens with one attached hydrogen (secondary N) is 2. The van der Waals surface area contributed by atoms with Crippen LogP contribution < -0.4 is 15.4 Å². The molecule has 6 nitrogen and oxygen atoms in total. The number of nitriles is 1. The summed E-state index contributed by atoms with van der Waals surface area (Å²) in [5.74, 6) is 2.63. The van der Waals surface area contributed by atoms with E-state index in [9.17, 15) is 0 Å². The molecule has 0 bridgehead atoms. The van der Waals surface area contributed by atoms with E-state index in [1.165, 1.54) is 0 Å². The van der Waals surface area contributed by atoms with Crippen molar-refractivity contribution in [2.24, 2.45) is 0 Å². The first-order valence-corrected chi connectivity index (χ1v) is 6.05. The van der Waals surface area contributed by atoms with Crippen LogP contribution in [-0.2, 0) is 0 Å². The fourth-order valence-corrected chi connectivity index (χ4v) is 1.76. The predicted molar refractivity (Wildman–Crippen MR) is 77.3 cm³/mol. The van der Waals surface area contributed by atoms with Crippen molar-refractivity contribution in [1.82, 2.24) is 9.97 Å². The molecule has 1 heterocycles. The molecule has 0 unspecified atom stereocenters. The number of rotatable bonds is 4. The van der Waals surface area contributed by atoms with E-state index < -0.39 is 0 Å². The molecule has 0 aliphatic rings. The summed E-state index contributed by atoms with van der Waals surface area (Å²) in [6.07, 6.45) is 0. The summed E-state index contributed by atoms with van der Waals surface area (Å²) in [6.45, 7) is 1.82. The zero-order valence-electron chi connectivity index (χ0n) is 11.6. The zero-order chi connectivity index (χ0) is 14.5. The number of anilines is 3. The van der Waals surface area contributed by atoms with Crippen LogP contribution in [0.4, 0.5) is 17.3 Å². The Balaban J connectivity index is 2.34. The first-order valence-electron chi connectivity index (χ1n) is 6.05. The van der Waals surface area contributed by atoms with Gasteiger partial charge in [0.2, 0.25) is 0 Å². The molecule has 0 aliphatic heterocycles. The SMILES string of the molecule is CNc1cc(Nc2ccc(C#N)cc2OC)nc(C)n1. The molecular formula is C14H15N5O.